The first kappa shape index (κ1) is 17.0. The van der Waals surface area contributed by atoms with Crippen LogP contribution in [0, 0.1) is 6.92 Å². The Morgan fingerprint density at radius 1 is 1.16 bits per heavy atom. The normalized spacial score (nSPS) is 11.3. The van der Waals surface area contributed by atoms with Gasteiger partial charge >= 0.3 is 0 Å². The van der Waals surface area contributed by atoms with Crippen LogP contribution in [-0.4, -0.2) is 23.2 Å². The predicted molar refractivity (Wildman–Crippen MR) is 94.2 cm³/mol. The van der Waals surface area contributed by atoms with E-state index in [0.29, 0.717) is 29.4 Å². The van der Waals surface area contributed by atoms with Gasteiger partial charge in [0.05, 0.1) is 11.9 Å². The summed E-state index contributed by atoms with van der Waals surface area (Å²) in [6.45, 7) is 4.18. The highest BCUT2D eigenvalue weighted by Gasteiger charge is 2.20. The monoisotopic (exact) mass is 358 g/mol. The SMILES string of the molecule is CCn1cc(S(=O)(=O)Nc2ccc(Oc3cccnc3)cc2)c(C)n1. The summed E-state index contributed by atoms with van der Waals surface area (Å²) in [6.07, 6.45) is 4.79. The number of hydrogen-bond acceptors (Lipinski definition) is 5. The van der Waals surface area contributed by atoms with Crippen LogP contribution in [0.2, 0.25) is 0 Å². The van der Waals surface area contributed by atoms with Gasteiger partial charge in [-0.15, -0.1) is 0 Å². The molecule has 3 rings (SSSR count). The van der Waals surface area contributed by atoms with Crippen molar-refractivity contribution in [1.82, 2.24) is 14.8 Å². The lowest BCUT2D eigenvalue weighted by Crippen LogP contribution is -2.13. The van der Waals surface area contributed by atoms with Crippen molar-refractivity contribution >= 4 is 15.7 Å². The third kappa shape index (κ3) is 3.97. The number of nitrogens with one attached hydrogen (secondary N) is 1. The van der Waals surface area contributed by atoms with Crippen LogP contribution in [0.15, 0.2) is 59.9 Å². The molecule has 0 unspecified atom stereocenters. The molecule has 0 amide bonds. The van der Waals surface area contributed by atoms with Gasteiger partial charge in [0.2, 0.25) is 0 Å². The molecule has 0 aliphatic rings. The van der Waals surface area contributed by atoms with E-state index < -0.39 is 10.0 Å². The number of rotatable bonds is 6. The number of aryl methyl sites for hydroxylation is 2. The zero-order chi connectivity index (χ0) is 17.9. The van der Waals surface area contributed by atoms with Crippen LogP contribution in [-0.2, 0) is 16.6 Å². The van der Waals surface area contributed by atoms with Crippen molar-refractivity contribution in [2.45, 2.75) is 25.3 Å². The van der Waals surface area contributed by atoms with Crippen molar-refractivity contribution in [3.8, 4) is 11.5 Å². The Bertz CT molecular complexity index is 951. The van der Waals surface area contributed by atoms with Gasteiger partial charge in [-0.1, -0.05) is 0 Å². The average molecular weight is 358 g/mol. The third-order valence-corrected chi connectivity index (χ3v) is 4.98. The Morgan fingerprint density at radius 2 is 1.92 bits per heavy atom. The fourth-order valence-corrected chi connectivity index (χ4v) is 3.52. The number of ether oxygens (including phenoxy) is 1. The van der Waals surface area contributed by atoms with Crippen LogP contribution in [0.25, 0.3) is 0 Å². The van der Waals surface area contributed by atoms with Gasteiger partial charge < -0.3 is 4.74 Å². The Morgan fingerprint density at radius 3 is 2.52 bits per heavy atom. The van der Waals surface area contributed by atoms with Gasteiger partial charge in [-0.3, -0.25) is 14.4 Å². The highest BCUT2D eigenvalue weighted by atomic mass is 32.2. The van der Waals surface area contributed by atoms with Gasteiger partial charge in [0.25, 0.3) is 10.0 Å². The number of anilines is 1. The number of benzene rings is 1. The second-order valence-electron chi connectivity index (χ2n) is 5.36. The Balaban J connectivity index is 1.75. The van der Waals surface area contributed by atoms with E-state index in [0.717, 1.165) is 0 Å². The summed E-state index contributed by atoms with van der Waals surface area (Å²) in [6, 6.07) is 10.2. The van der Waals surface area contributed by atoms with E-state index >= 15 is 0 Å². The molecule has 7 nitrogen and oxygen atoms in total. The highest BCUT2D eigenvalue weighted by Crippen LogP contribution is 2.24. The fraction of sp³-hybridized carbons (Fsp3) is 0.176. The minimum atomic E-state index is -3.69. The van der Waals surface area contributed by atoms with Crippen molar-refractivity contribution in [2.75, 3.05) is 4.72 Å². The van der Waals surface area contributed by atoms with Crippen LogP contribution in [0.3, 0.4) is 0 Å². The number of aromatic nitrogens is 3. The molecule has 0 saturated carbocycles. The topological polar surface area (TPSA) is 86.1 Å². The highest BCUT2D eigenvalue weighted by molar-refractivity contribution is 7.92. The number of sulfonamides is 1. The van der Waals surface area contributed by atoms with Crippen molar-refractivity contribution in [3.63, 3.8) is 0 Å². The summed E-state index contributed by atoms with van der Waals surface area (Å²) in [4.78, 5) is 4.14. The maximum atomic E-state index is 12.5. The molecule has 0 fully saturated rings. The standard InChI is InChI=1S/C17H18N4O3S/c1-3-21-12-17(13(2)19-21)25(22,23)20-14-6-8-15(9-7-14)24-16-5-4-10-18-11-16/h4-12,20H,3H2,1-2H3. The molecule has 0 bridgehead atoms. The van der Waals surface area contributed by atoms with Crippen LogP contribution < -0.4 is 9.46 Å². The van der Waals surface area contributed by atoms with Crippen molar-refractivity contribution in [2.24, 2.45) is 0 Å². The maximum absolute atomic E-state index is 12.5. The maximum Gasteiger partial charge on any atom is 0.265 e. The lowest BCUT2D eigenvalue weighted by molar-refractivity contribution is 0.480. The van der Waals surface area contributed by atoms with Gasteiger partial charge in [-0.25, -0.2) is 8.42 Å². The summed E-state index contributed by atoms with van der Waals surface area (Å²) in [5.74, 6) is 1.20. The quantitative estimate of drug-likeness (QED) is 0.731. The lowest BCUT2D eigenvalue weighted by atomic mass is 10.3. The summed E-state index contributed by atoms with van der Waals surface area (Å²) < 4.78 is 34.8. The molecule has 2 heterocycles. The fourth-order valence-electron chi connectivity index (χ4n) is 2.27. The summed E-state index contributed by atoms with van der Waals surface area (Å²) in [7, 11) is -3.69. The molecule has 0 radical (unpaired) electrons. The van der Waals surface area contributed by atoms with Crippen LogP contribution in [0.5, 0.6) is 11.5 Å². The van der Waals surface area contributed by atoms with E-state index in [9.17, 15) is 8.42 Å². The molecular weight excluding hydrogens is 340 g/mol. The number of hydrogen-bond donors (Lipinski definition) is 1. The molecule has 1 aromatic carbocycles. The van der Waals surface area contributed by atoms with Gasteiger partial charge in [0, 0.05) is 24.6 Å². The molecular formula is C17H18N4O3S. The molecule has 130 valence electrons. The van der Waals surface area contributed by atoms with Crippen molar-refractivity contribution in [1.29, 1.82) is 0 Å². The zero-order valence-electron chi connectivity index (χ0n) is 13.9. The molecule has 8 heteroatoms. The first-order valence-electron chi connectivity index (χ1n) is 7.73. The van der Waals surface area contributed by atoms with E-state index in [1.165, 1.54) is 6.20 Å². The average Bonchev–Trinajstić information content (AvgIpc) is 2.99. The molecule has 2 aromatic heterocycles. The van der Waals surface area contributed by atoms with Gasteiger partial charge in [-0.2, -0.15) is 5.10 Å². The molecule has 1 N–H and O–H groups in total. The molecule has 0 aliphatic carbocycles. The van der Waals surface area contributed by atoms with Gasteiger partial charge in [0.15, 0.2) is 0 Å². The first-order chi connectivity index (χ1) is 12.0. The van der Waals surface area contributed by atoms with E-state index in [1.54, 1.807) is 60.4 Å². The summed E-state index contributed by atoms with van der Waals surface area (Å²) in [5, 5.41) is 4.17. The zero-order valence-corrected chi connectivity index (χ0v) is 14.7. The van der Waals surface area contributed by atoms with E-state index in [4.69, 9.17) is 4.74 Å². The third-order valence-electron chi connectivity index (χ3n) is 3.49. The largest absolute Gasteiger partial charge is 0.456 e. The summed E-state index contributed by atoms with van der Waals surface area (Å²) >= 11 is 0. The second-order valence-corrected chi connectivity index (χ2v) is 7.01. The molecule has 0 saturated heterocycles. The molecule has 0 aliphatic heterocycles. The predicted octanol–water partition coefficient (Wildman–Crippen LogP) is 3.20. The Labute approximate surface area is 146 Å². The van der Waals surface area contributed by atoms with E-state index in [2.05, 4.69) is 14.8 Å². The van der Waals surface area contributed by atoms with E-state index in [1.807, 2.05) is 6.92 Å². The minimum absolute atomic E-state index is 0.171. The lowest BCUT2D eigenvalue weighted by Gasteiger charge is -2.09. The summed E-state index contributed by atoms with van der Waals surface area (Å²) in [5.41, 5.74) is 0.910. The van der Waals surface area contributed by atoms with Crippen molar-refractivity contribution < 1.29 is 13.2 Å². The van der Waals surface area contributed by atoms with Crippen LogP contribution in [0.1, 0.15) is 12.6 Å². The van der Waals surface area contributed by atoms with Gasteiger partial charge in [0.1, 0.15) is 16.4 Å². The van der Waals surface area contributed by atoms with Crippen molar-refractivity contribution in [3.05, 3.63) is 60.7 Å². The minimum Gasteiger partial charge on any atom is -0.456 e. The first-order valence-corrected chi connectivity index (χ1v) is 9.21. The Hall–Kier alpha value is -2.87. The number of pyridine rings is 1. The molecule has 0 atom stereocenters. The Kier molecular flexibility index (Phi) is 4.71. The van der Waals surface area contributed by atoms with E-state index in [-0.39, 0.29) is 4.90 Å². The smallest absolute Gasteiger partial charge is 0.265 e. The molecule has 25 heavy (non-hydrogen) atoms. The van der Waals surface area contributed by atoms with Crippen LogP contribution in [0.4, 0.5) is 5.69 Å². The molecule has 3 aromatic rings. The van der Waals surface area contributed by atoms with Crippen LogP contribution >= 0.6 is 0 Å². The number of nitrogens with zero attached hydrogens (tertiary/aromatic N) is 3. The van der Waals surface area contributed by atoms with Gasteiger partial charge in [-0.05, 0) is 50.2 Å². The second kappa shape index (κ2) is 6.94. The molecule has 0 spiro atoms.